The zero-order valence-corrected chi connectivity index (χ0v) is 24.2. The number of halogens is 1. The highest BCUT2D eigenvalue weighted by atomic mass is 35.5. The third-order valence-electron chi connectivity index (χ3n) is 4.93. The van der Waals surface area contributed by atoms with Gasteiger partial charge in [-0.05, 0) is 27.2 Å². The first-order chi connectivity index (χ1) is 17.1. The number of alkyl halides is 1. The fraction of sp³-hybridized carbons (Fsp3) is 0.727. The molecule has 1 aromatic rings. The molecule has 0 aliphatic carbocycles. The van der Waals surface area contributed by atoms with Crippen LogP contribution in [-0.2, 0) is 32.7 Å². The fourth-order valence-corrected chi connectivity index (χ4v) is 5.89. The number of hydrogen-bond donors (Lipinski definition) is 2. The number of nitrogens with one attached hydrogen (secondary N) is 2. The molecule has 0 unspecified atom stereocenters. The minimum absolute atomic E-state index is 0.0512. The van der Waals surface area contributed by atoms with E-state index in [0.29, 0.717) is 0 Å². The van der Waals surface area contributed by atoms with Crippen molar-refractivity contribution in [2.75, 3.05) is 19.0 Å². The molecular weight excluding hydrogens is 549 g/mol. The van der Waals surface area contributed by atoms with E-state index in [2.05, 4.69) is 10.1 Å². The van der Waals surface area contributed by atoms with Crippen LogP contribution in [0, 0.1) is 5.41 Å². The zero-order valence-electron chi connectivity index (χ0n) is 21.7. The second kappa shape index (κ2) is 13.5. The normalized spacial score (nSPS) is 22.5. The Labute approximate surface area is 224 Å². The lowest BCUT2D eigenvalue weighted by Crippen LogP contribution is -2.36. The molecule has 2 rings (SSSR count). The minimum Gasteiger partial charge on any atom is -0.462 e. The Morgan fingerprint density at radius 2 is 1.97 bits per heavy atom. The van der Waals surface area contributed by atoms with Crippen LogP contribution < -0.4 is 16.3 Å². The summed E-state index contributed by atoms with van der Waals surface area (Å²) < 4.78 is 36.7. The third kappa shape index (κ3) is 9.97. The molecule has 1 fully saturated rings. The molecule has 0 aromatic carbocycles. The predicted molar refractivity (Wildman–Crippen MR) is 140 cm³/mol. The summed E-state index contributed by atoms with van der Waals surface area (Å²) in [5.74, 6) is -0.424. The van der Waals surface area contributed by atoms with Gasteiger partial charge in [-0.2, -0.15) is 0 Å². The van der Waals surface area contributed by atoms with Gasteiger partial charge in [0.15, 0.2) is 11.3 Å². The third-order valence-corrected chi connectivity index (χ3v) is 8.29. The summed E-state index contributed by atoms with van der Waals surface area (Å²) in [4.78, 5) is 50.0. The van der Waals surface area contributed by atoms with Crippen molar-refractivity contribution in [1.82, 2.24) is 14.6 Å². The van der Waals surface area contributed by atoms with Crippen LogP contribution in [0.25, 0.3) is 0 Å². The summed E-state index contributed by atoms with van der Waals surface area (Å²) in [6, 6.07) is 0.152. The zero-order chi connectivity index (χ0) is 28.0. The van der Waals surface area contributed by atoms with Crippen molar-refractivity contribution in [3.8, 4) is 0 Å². The van der Waals surface area contributed by atoms with E-state index < -0.39 is 54.1 Å². The monoisotopic (exact) mass is 583 g/mol. The molecule has 0 bridgehead atoms. The average Bonchev–Trinajstić information content (AvgIpc) is 3.14. The standard InChI is InChI=1S/C22H35ClN3O9PS/c1-13(2)34-19(28)14(3)25-36(31,32-9-10-37-20(29)22(4,5)6)33-12-15-11-16(23)18(35-15)26-8-7-17(27)24-21(26)30/h7-8,13-16,18H,9-12H2,1-6H3,(H,25,31)(H,24,27,30)/t14-,15+,16+,18-,36-/m1/s1. The SMILES string of the molecule is CC(C)OC(=O)[C@@H](C)N[P@@](=O)(OCCSC(=O)C(C)(C)C)OC[C@@H]1C[C@H](Cl)[C@H](n2ccc(=O)[nH]c2=O)O1. The lowest BCUT2D eigenvalue weighted by Gasteiger charge is -2.24. The summed E-state index contributed by atoms with van der Waals surface area (Å²) in [6.07, 6.45) is -0.400. The number of esters is 1. The maximum atomic E-state index is 13.5. The van der Waals surface area contributed by atoms with Crippen LogP contribution in [0.4, 0.5) is 0 Å². The van der Waals surface area contributed by atoms with E-state index in [0.717, 1.165) is 16.3 Å². The van der Waals surface area contributed by atoms with Crippen LogP contribution in [0.5, 0.6) is 0 Å². The number of rotatable bonds is 12. The molecule has 2 heterocycles. The highest BCUT2D eigenvalue weighted by Crippen LogP contribution is 2.46. The smallest absolute Gasteiger partial charge is 0.406 e. The molecule has 15 heteroatoms. The Kier molecular flexibility index (Phi) is 11.6. The number of hydrogen-bond acceptors (Lipinski definition) is 10. The number of ether oxygens (including phenoxy) is 2. The second-order valence-corrected chi connectivity index (χ2v) is 13.2. The van der Waals surface area contributed by atoms with Gasteiger partial charge in [-0.25, -0.2) is 14.4 Å². The molecular formula is C22H35ClN3O9PS. The van der Waals surface area contributed by atoms with Crippen LogP contribution in [0.3, 0.4) is 0 Å². The molecule has 1 aromatic heterocycles. The Hall–Kier alpha value is -1.47. The Bertz CT molecular complexity index is 1100. The average molecular weight is 584 g/mol. The maximum Gasteiger partial charge on any atom is 0.406 e. The van der Waals surface area contributed by atoms with Crippen molar-refractivity contribution in [2.45, 2.75) is 77.8 Å². The Morgan fingerprint density at radius 1 is 1.30 bits per heavy atom. The van der Waals surface area contributed by atoms with Gasteiger partial charge in [0.2, 0.25) is 0 Å². The van der Waals surface area contributed by atoms with E-state index >= 15 is 0 Å². The summed E-state index contributed by atoms with van der Waals surface area (Å²) in [6.45, 7) is 9.88. The Balaban J connectivity index is 2.05. The van der Waals surface area contributed by atoms with Crippen molar-refractivity contribution in [1.29, 1.82) is 0 Å². The molecule has 2 N–H and O–H groups in total. The lowest BCUT2D eigenvalue weighted by molar-refractivity contribution is -0.149. The molecule has 0 radical (unpaired) electrons. The summed E-state index contributed by atoms with van der Waals surface area (Å²) in [5, 5.41) is 1.88. The van der Waals surface area contributed by atoms with Crippen LogP contribution in [0.1, 0.15) is 54.2 Å². The Morgan fingerprint density at radius 3 is 2.57 bits per heavy atom. The molecule has 0 saturated carbocycles. The van der Waals surface area contributed by atoms with E-state index in [9.17, 15) is 23.7 Å². The summed E-state index contributed by atoms with van der Waals surface area (Å²) in [5.41, 5.74) is -1.78. The van der Waals surface area contributed by atoms with E-state index in [4.69, 9.17) is 30.1 Å². The second-order valence-electron chi connectivity index (χ2n) is 9.77. The molecule has 0 amide bonds. The van der Waals surface area contributed by atoms with Crippen molar-refractivity contribution < 1.29 is 32.7 Å². The first kappa shape index (κ1) is 31.7. The molecule has 1 saturated heterocycles. The number of H-pyrrole nitrogens is 1. The first-order valence-corrected chi connectivity index (χ1v) is 14.7. The molecule has 1 aliphatic rings. The predicted octanol–water partition coefficient (Wildman–Crippen LogP) is 2.81. The highest BCUT2D eigenvalue weighted by molar-refractivity contribution is 8.13. The van der Waals surface area contributed by atoms with Crippen LogP contribution in [0.2, 0.25) is 0 Å². The largest absolute Gasteiger partial charge is 0.462 e. The van der Waals surface area contributed by atoms with E-state index in [-0.39, 0.29) is 36.6 Å². The van der Waals surface area contributed by atoms with Crippen molar-refractivity contribution in [2.24, 2.45) is 5.41 Å². The summed E-state index contributed by atoms with van der Waals surface area (Å²) in [7, 11) is -4.07. The maximum absolute atomic E-state index is 13.5. The topological polar surface area (TPSA) is 155 Å². The minimum atomic E-state index is -4.07. The molecule has 0 spiro atoms. The van der Waals surface area contributed by atoms with Gasteiger partial charge in [0, 0.05) is 23.4 Å². The number of thioether (sulfide) groups is 1. The number of carbonyl (C=O) groups excluding carboxylic acids is 2. The fourth-order valence-electron chi connectivity index (χ4n) is 3.11. The van der Waals surface area contributed by atoms with E-state index in [1.807, 2.05) is 0 Å². The highest BCUT2D eigenvalue weighted by Gasteiger charge is 2.38. The summed E-state index contributed by atoms with van der Waals surface area (Å²) >= 11 is 7.41. The molecule has 37 heavy (non-hydrogen) atoms. The van der Waals surface area contributed by atoms with Gasteiger partial charge in [-0.15, -0.1) is 11.6 Å². The van der Waals surface area contributed by atoms with E-state index in [1.54, 1.807) is 34.6 Å². The van der Waals surface area contributed by atoms with Gasteiger partial charge in [0.05, 0.1) is 30.8 Å². The number of carbonyl (C=O) groups is 2. The van der Waals surface area contributed by atoms with E-state index in [1.165, 1.54) is 19.2 Å². The lowest BCUT2D eigenvalue weighted by atomic mass is 10.00. The van der Waals surface area contributed by atoms with Crippen LogP contribution >= 0.6 is 31.1 Å². The van der Waals surface area contributed by atoms with Gasteiger partial charge in [-0.1, -0.05) is 32.5 Å². The van der Waals surface area contributed by atoms with Gasteiger partial charge >= 0.3 is 19.4 Å². The van der Waals surface area contributed by atoms with Gasteiger partial charge in [-0.3, -0.25) is 33.0 Å². The van der Waals surface area contributed by atoms with Crippen molar-refractivity contribution in [3.63, 3.8) is 0 Å². The number of aromatic nitrogens is 2. The first-order valence-electron chi connectivity index (χ1n) is 11.8. The number of nitrogens with zero attached hydrogens (tertiary/aromatic N) is 1. The van der Waals surface area contributed by atoms with Crippen molar-refractivity contribution in [3.05, 3.63) is 33.1 Å². The molecule has 1 aliphatic heterocycles. The molecule has 12 nitrogen and oxygen atoms in total. The number of aromatic amines is 1. The quantitative estimate of drug-likeness (QED) is 0.161. The van der Waals surface area contributed by atoms with Gasteiger partial charge in [0.1, 0.15) is 6.04 Å². The van der Waals surface area contributed by atoms with Gasteiger partial charge in [0.25, 0.3) is 5.56 Å². The molecule has 210 valence electrons. The van der Waals surface area contributed by atoms with Crippen molar-refractivity contribution >= 4 is 42.2 Å². The molecule has 5 atom stereocenters. The van der Waals surface area contributed by atoms with Crippen LogP contribution in [0.15, 0.2) is 21.9 Å². The van der Waals surface area contributed by atoms with Gasteiger partial charge < -0.3 is 9.47 Å². The van der Waals surface area contributed by atoms with Crippen LogP contribution in [-0.4, -0.2) is 63.2 Å².